The lowest BCUT2D eigenvalue weighted by Crippen LogP contribution is -2.16. The van der Waals surface area contributed by atoms with Crippen molar-refractivity contribution in [1.29, 1.82) is 0 Å². The highest BCUT2D eigenvalue weighted by atomic mass is 79.9. The monoisotopic (exact) mass is 480 g/mol. The third kappa shape index (κ3) is 3.49. The number of nitrogens with zero attached hydrogens (tertiary/aromatic N) is 1. The van der Waals surface area contributed by atoms with Gasteiger partial charge in [-0.1, -0.05) is 22.0 Å². The van der Waals surface area contributed by atoms with Crippen LogP contribution >= 0.6 is 59.1 Å². The van der Waals surface area contributed by atoms with Crippen LogP contribution in [-0.2, 0) is 0 Å². The van der Waals surface area contributed by atoms with E-state index >= 15 is 0 Å². The molecule has 1 aromatic carbocycles. The number of rotatable bonds is 3. The first-order valence-corrected chi connectivity index (χ1v) is 8.50. The number of hydrogen-bond donors (Lipinski definition) is 2. The molecule has 0 saturated heterocycles. The first-order valence-electron chi connectivity index (χ1n) is 5.24. The zero-order valence-electron chi connectivity index (χ0n) is 9.73. The second kappa shape index (κ2) is 6.84. The molecule has 0 fully saturated rings. The summed E-state index contributed by atoms with van der Waals surface area (Å²) in [4.78, 5) is 12.3. The molecular weight excluding hydrogens is 476 g/mol. The van der Waals surface area contributed by atoms with Crippen molar-refractivity contribution in [1.82, 2.24) is 5.43 Å². The normalized spacial score (nSPS) is 10.9. The zero-order valence-corrected chi connectivity index (χ0v) is 15.3. The van der Waals surface area contributed by atoms with Gasteiger partial charge in [-0.05, 0) is 49.4 Å². The summed E-state index contributed by atoms with van der Waals surface area (Å²) in [5.41, 5.74) is 3.05. The molecule has 104 valence electrons. The molecular formula is C12H7Br3N2O2S. The first kappa shape index (κ1) is 15.7. The molecule has 1 heterocycles. The number of nitrogens with one attached hydrogen (secondary N) is 1. The Balaban J connectivity index is 2.16. The Morgan fingerprint density at radius 2 is 2.10 bits per heavy atom. The number of phenolic OH excluding ortho intramolecular Hbond substituents is 1. The Labute approximate surface area is 144 Å². The number of carbonyl (C=O) groups excluding carboxylic acids is 1. The van der Waals surface area contributed by atoms with Crippen molar-refractivity contribution < 1.29 is 9.90 Å². The van der Waals surface area contributed by atoms with Gasteiger partial charge in [0.05, 0.1) is 20.0 Å². The number of carbonyl (C=O) groups is 1. The minimum absolute atomic E-state index is 0.0687. The van der Waals surface area contributed by atoms with Crippen molar-refractivity contribution in [2.24, 2.45) is 5.10 Å². The molecule has 0 atom stereocenters. The topological polar surface area (TPSA) is 61.7 Å². The number of hydrazone groups is 1. The van der Waals surface area contributed by atoms with Crippen LogP contribution in [-0.4, -0.2) is 17.2 Å². The van der Waals surface area contributed by atoms with E-state index in [1.165, 1.54) is 17.6 Å². The number of amides is 1. The number of phenols is 1. The Bertz CT molecular complexity index is 672. The van der Waals surface area contributed by atoms with Crippen LogP contribution in [0.1, 0.15) is 15.2 Å². The molecule has 1 aromatic heterocycles. The average molecular weight is 483 g/mol. The molecule has 0 aliphatic heterocycles. The van der Waals surface area contributed by atoms with E-state index in [1.54, 1.807) is 18.2 Å². The number of thiophene rings is 1. The van der Waals surface area contributed by atoms with Crippen molar-refractivity contribution in [2.75, 3.05) is 0 Å². The summed E-state index contributed by atoms with van der Waals surface area (Å²) in [5.74, 6) is -0.205. The Morgan fingerprint density at radius 3 is 2.75 bits per heavy atom. The van der Waals surface area contributed by atoms with E-state index in [4.69, 9.17) is 0 Å². The molecule has 0 bridgehead atoms. The quantitative estimate of drug-likeness (QED) is 0.499. The van der Waals surface area contributed by atoms with Crippen LogP contribution in [0.25, 0.3) is 0 Å². The fourth-order valence-corrected chi connectivity index (χ4v) is 4.27. The molecule has 0 aliphatic rings. The van der Waals surface area contributed by atoms with Gasteiger partial charge in [-0.15, -0.1) is 11.3 Å². The van der Waals surface area contributed by atoms with Gasteiger partial charge in [0.25, 0.3) is 5.91 Å². The van der Waals surface area contributed by atoms with Gasteiger partial charge < -0.3 is 5.11 Å². The van der Waals surface area contributed by atoms with Gasteiger partial charge in [-0.2, -0.15) is 5.10 Å². The highest BCUT2D eigenvalue weighted by Gasteiger charge is 2.12. The van der Waals surface area contributed by atoms with Crippen molar-refractivity contribution in [2.45, 2.75) is 0 Å². The molecule has 0 saturated carbocycles. The van der Waals surface area contributed by atoms with E-state index in [1.807, 2.05) is 5.38 Å². The van der Waals surface area contributed by atoms with Crippen LogP contribution in [0.3, 0.4) is 0 Å². The summed E-state index contributed by atoms with van der Waals surface area (Å²) in [6.07, 6.45) is 1.45. The largest absolute Gasteiger partial charge is 0.506 e. The van der Waals surface area contributed by atoms with Gasteiger partial charge >= 0.3 is 0 Å². The lowest BCUT2D eigenvalue weighted by molar-refractivity contribution is 0.0959. The molecule has 20 heavy (non-hydrogen) atoms. The fourth-order valence-electron chi connectivity index (χ4n) is 1.33. The fraction of sp³-hybridized carbons (Fsp3) is 0. The lowest BCUT2D eigenvalue weighted by Gasteiger charge is -2.06. The standard InChI is InChI=1S/C12H7Br3N2O2S/c13-7-4-8(14)11(18)10(15)6(7)5-16-17-12(19)9-2-1-3-20-9/h1-5,18H,(H,17,19)/b16-5-. The van der Waals surface area contributed by atoms with Gasteiger partial charge in [-0.25, -0.2) is 5.43 Å². The summed E-state index contributed by atoms with van der Waals surface area (Å²) in [7, 11) is 0. The van der Waals surface area contributed by atoms with Gasteiger partial charge in [0.15, 0.2) is 0 Å². The number of hydrogen-bond acceptors (Lipinski definition) is 4. The summed E-state index contributed by atoms with van der Waals surface area (Å²) < 4.78 is 1.76. The molecule has 1 amide bonds. The predicted octanol–water partition coefficient (Wildman–Crippen LogP) is 4.51. The Hall–Kier alpha value is -0.700. The van der Waals surface area contributed by atoms with E-state index in [9.17, 15) is 9.90 Å². The second-order valence-electron chi connectivity index (χ2n) is 3.59. The Kier molecular flexibility index (Phi) is 5.36. The second-order valence-corrected chi connectivity index (χ2v) is 7.04. The third-order valence-electron chi connectivity index (χ3n) is 2.29. The van der Waals surface area contributed by atoms with E-state index in [-0.39, 0.29) is 11.7 Å². The van der Waals surface area contributed by atoms with E-state index in [0.717, 1.165) is 4.47 Å². The lowest BCUT2D eigenvalue weighted by atomic mass is 10.2. The van der Waals surface area contributed by atoms with E-state index < -0.39 is 0 Å². The first-order chi connectivity index (χ1) is 9.50. The molecule has 2 rings (SSSR count). The third-order valence-corrected chi connectivity index (χ3v) is 5.22. The van der Waals surface area contributed by atoms with E-state index in [2.05, 4.69) is 58.3 Å². The molecule has 0 spiro atoms. The SMILES string of the molecule is O=C(N/N=C\c1c(Br)cc(Br)c(O)c1Br)c1cccs1. The van der Waals surface area contributed by atoms with E-state index in [0.29, 0.717) is 19.4 Å². The van der Waals surface area contributed by atoms with Gasteiger partial charge in [-0.3, -0.25) is 4.79 Å². The average Bonchev–Trinajstić information content (AvgIpc) is 2.94. The number of aromatic hydroxyl groups is 1. The molecule has 2 N–H and O–H groups in total. The minimum atomic E-state index is -0.273. The van der Waals surface area contributed by atoms with Crippen molar-refractivity contribution in [3.8, 4) is 5.75 Å². The maximum Gasteiger partial charge on any atom is 0.281 e. The van der Waals surface area contributed by atoms with Crippen LogP contribution in [0.5, 0.6) is 5.75 Å². The van der Waals surface area contributed by atoms with Crippen LogP contribution in [0.15, 0.2) is 42.1 Å². The van der Waals surface area contributed by atoms with Crippen molar-refractivity contribution >= 4 is 71.2 Å². The minimum Gasteiger partial charge on any atom is -0.506 e. The maximum atomic E-state index is 11.7. The smallest absolute Gasteiger partial charge is 0.281 e. The van der Waals surface area contributed by atoms with Crippen LogP contribution < -0.4 is 5.43 Å². The van der Waals surface area contributed by atoms with Gasteiger partial charge in [0.1, 0.15) is 5.75 Å². The highest BCUT2D eigenvalue weighted by Crippen LogP contribution is 2.38. The molecule has 0 aliphatic carbocycles. The van der Waals surface area contributed by atoms with Crippen LogP contribution in [0.4, 0.5) is 0 Å². The van der Waals surface area contributed by atoms with Crippen LogP contribution in [0.2, 0.25) is 0 Å². The summed E-state index contributed by atoms with van der Waals surface area (Å²) in [6.45, 7) is 0. The maximum absolute atomic E-state index is 11.7. The van der Waals surface area contributed by atoms with Gasteiger partial charge in [0.2, 0.25) is 0 Å². The van der Waals surface area contributed by atoms with Crippen LogP contribution in [0, 0.1) is 0 Å². The molecule has 4 nitrogen and oxygen atoms in total. The van der Waals surface area contributed by atoms with Crippen molar-refractivity contribution in [3.63, 3.8) is 0 Å². The summed E-state index contributed by atoms with van der Waals surface area (Å²) in [6, 6.07) is 5.21. The van der Waals surface area contributed by atoms with Gasteiger partial charge in [0, 0.05) is 10.0 Å². The molecule has 2 aromatic rings. The number of halogens is 3. The zero-order chi connectivity index (χ0) is 14.7. The molecule has 0 radical (unpaired) electrons. The predicted molar refractivity (Wildman–Crippen MR) is 90.6 cm³/mol. The highest BCUT2D eigenvalue weighted by molar-refractivity contribution is 9.11. The van der Waals surface area contributed by atoms with Crippen molar-refractivity contribution in [3.05, 3.63) is 47.4 Å². The summed E-state index contributed by atoms with van der Waals surface area (Å²) >= 11 is 11.2. The summed E-state index contributed by atoms with van der Waals surface area (Å²) in [5, 5.41) is 15.5. The molecule has 8 heteroatoms. The number of benzene rings is 1. The molecule has 0 unspecified atom stereocenters. The Morgan fingerprint density at radius 1 is 1.35 bits per heavy atom.